The van der Waals surface area contributed by atoms with Gasteiger partial charge in [0.15, 0.2) is 4.80 Å². The van der Waals surface area contributed by atoms with Gasteiger partial charge in [-0.15, -0.1) is 0 Å². The first kappa shape index (κ1) is 25.7. The van der Waals surface area contributed by atoms with Crippen molar-refractivity contribution in [3.8, 4) is 5.75 Å². The second-order valence-electron chi connectivity index (χ2n) is 9.53. The van der Waals surface area contributed by atoms with Gasteiger partial charge in [-0.25, -0.2) is 9.79 Å². The smallest absolute Gasteiger partial charge is 0.338 e. The van der Waals surface area contributed by atoms with Crippen LogP contribution in [-0.2, 0) is 9.53 Å². The van der Waals surface area contributed by atoms with Gasteiger partial charge in [0.25, 0.3) is 5.56 Å². The normalized spacial score (nSPS) is 15.5. The van der Waals surface area contributed by atoms with E-state index in [1.54, 1.807) is 25.5 Å². The van der Waals surface area contributed by atoms with Crippen molar-refractivity contribution in [2.45, 2.75) is 39.7 Å². The van der Waals surface area contributed by atoms with Gasteiger partial charge in [-0.1, -0.05) is 79.8 Å². The zero-order valence-electron chi connectivity index (χ0n) is 22.1. The Morgan fingerprint density at radius 2 is 1.84 bits per heavy atom. The first-order valence-corrected chi connectivity index (χ1v) is 13.5. The number of nitrogens with zero attached hydrogens (tertiary/aromatic N) is 2. The van der Waals surface area contributed by atoms with Crippen LogP contribution in [0.2, 0.25) is 0 Å². The van der Waals surface area contributed by atoms with Crippen molar-refractivity contribution in [1.29, 1.82) is 0 Å². The maximum absolute atomic E-state index is 14.0. The van der Waals surface area contributed by atoms with Gasteiger partial charge in [-0.3, -0.25) is 9.36 Å². The van der Waals surface area contributed by atoms with Crippen LogP contribution < -0.4 is 19.6 Å². The van der Waals surface area contributed by atoms with E-state index in [9.17, 15) is 9.59 Å². The third-order valence-electron chi connectivity index (χ3n) is 6.84. The Kier molecular flexibility index (Phi) is 7.04. The molecule has 0 amide bonds. The van der Waals surface area contributed by atoms with Crippen LogP contribution in [0.25, 0.3) is 16.8 Å². The van der Waals surface area contributed by atoms with E-state index >= 15 is 0 Å². The second kappa shape index (κ2) is 10.4. The quantitative estimate of drug-likeness (QED) is 0.329. The number of aromatic nitrogens is 1. The summed E-state index contributed by atoms with van der Waals surface area (Å²) in [6, 6.07) is 19.2. The summed E-state index contributed by atoms with van der Waals surface area (Å²) in [6.45, 7) is 8.07. The number of hydrogen-bond donors (Lipinski definition) is 0. The molecule has 0 aliphatic carbocycles. The number of methoxy groups -OCH3 is 1. The van der Waals surface area contributed by atoms with Crippen LogP contribution in [-0.4, -0.2) is 24.3 Å². The first-order valence-electron chi connectivity index (χ1n) is 12.7. The lowest BCUT2D eigenvalue weighted by atomic mass is 9.90. The molecule has 1 aromatic heterocycles. The third-order valence-corrected chi connectivity index (χ3v) is 7.82. The van der Waals surface area contributed by atoms with Crippen molar-refractivity contribution in [3.63, 3.8) is 0 Å². The molecule has 6 nitrogen and oxygen atoms in total. The Balaban J connectivity index is 1.80. The molecule has 0 bridgehead atoms. The van der Waals surface area contributed by atoms with E-state index in [4.69, 9.17) is 14.5 Å². The zero-order valence-corrected chi connectivity index (χ0v) is 23.0. The molecule has 3 aromatic carbocycles. The molecule has 0 saturated heterocycles. The highest BCUT2D eigenvalue weighted by Crippen LogP contribution is 2.40. The predicted octanol–water partition coefficient (Wildman–Crippen LogP) is 5.08. The Bertz CT molecular complexity index is 1740. The number of allylic oxidation sites excluding steroid dienone is 1. The summed E-state index contributed by atoms with van der Waals surface area (Å²) in [7, 11) is 1.60. The lowest BCUT2D eigenvalue weighted by Gasteiger charge is -2.27. The molecule has 5 rings (SSSR count). The standard InChI is InChI=1S/C31H30N2O4S/c1-6-37-30(35)26-19(4)32-31-33(28(26)27-23-10-8-7-9-22(23)15-16-24(27)36-5)29(34)25(38-31)17-20-11-13-21(14-12-20)18(2)3/h7-18,28H,6H2,1-5H3/t28-/m1/s1. The molecule has 194 valence electrons. The molecular weight excluding hydrogens is 496 g/mol. The summed E-state index contributed by atoms with van der Waals surface area (Å²) in [5.74, 6) is 0.519. The summed E-state index contributed by atoms with van der Waals surface area (Å²) < 4.78 is 13.4. The van der Waals surface area contributed by atoms with Crippen LogP contribution in [0.3, 0.4) is 0 Å². The number of ether oxygens (including phenoxy) is 2. The van der Waals surface area contributed by atoms with Gasteiger partial charge < -0.3 is 9.47 Å². The number of carbonyl (C=O) groups is 1. The molecule has 4 aromatic rings. The number of fused-ring (bicyclic) bond motifs is 2. The van der Waals surface area contributed by atoms with E-state index in [0.29, 0.717) is 32.3 Å². The summed E-state index contributed by atoms with van der Waals surface area (Å²) in [4.78, 5) is 32.6. The van der Waals surface area contributed by atoms with Gasteiger partial charge in [0.1, 0.15) is 11.8 Å². The van der Waals surface area contributed by atoms with Crippen LogP contribution in [0.1, 0.15) is 56.3 Å². The van der Waals surface area contributed by atoms with Crippen LogP contribution in [0.4, 0.5) is 0 Å². The van der Waals surface area contributed by atoms with Crippen LogP contribution in [0.5, 0.6) is 5.75 Å². The highest BCUT2D eigenvalue weighted by atomic mass is 32.1. The highest BCUT2D eigenvalue weighted by Gasteiger charge is 2.36. The summed E-state index contributed by atoms with van der Waals surface area (Å²) in [5.41, 5.74) is 3.55. The lowest BCUT2D eigenvalue weighted by Crippen LogP contribution is -2.40. The molecule has 0 unspecified atom stereocenters. The summed E-state index contributed by atoms with van der Waals surface area (Å²) in [5, 5.41) is 1.88. The molecule has 0 fully saturated rings. The number of hydrogen-bond acceptors (Lipinski definition) is 6. The third kappa shape index (κ3) is 4.47. The highest BCUT2D eigenvalue weighted by molar-refractivity contribution is 7.07. The lowest BCUT2D eigenvalue weighted by molar-refractivity contribution is -0.139. The number of carbonyl (C=O) groups excluding carboxylic acids is 1. The topological polar surface area (TPSA) is 69.9 Å². The summed E-state index contributed by atoms with van der Waals surface area (Å²) in [6.07, 6.45) is 1.88. The number of esters is 1. The molecule has 0 N–H and O–H groups in total. The number of thiazole rings is 1. The second-order valence-corrected chi connectivity index (χ2v) is 10.5. The maximum atomic E-state index is 14.0. The van der Waals surface area contributed by atoms with Crippen LogP contribution in [0.15, 0.2) is 81.7 Å². The molecule has 38 heavy (non-hydrogen) atoms. The van der Waals surface area contributed by atoms with E-state index in [1.165, 1.54) is 16.9 Å². The van der Waals surface area contributed by atoms with E-state index in [1.807, 2.05) is 54.6 Å². The Labute approximate surface area is 225 Å². The minimum absolute atomic E-state index is 0.212. The maximum Gasteiger partial charge on any atom is 0.338 e. The van der Waals surface area contributed by atoms with Crippen LogP contribution >= 0.6 is 11.3 Å². The molecule has 2 heterocycles. The van der Waals surface area contributed by atoms with Crippen molar-refractivity contribution in [2.75, 3.05) is 13.7 Å². The molecule has 1 atom stereocenters. The van der Waals surface area contributed by atoms with Crippen molar-refractivity contribution >= 4 is 34.2 Å². The van der Waals surface area contributed by atoms with Crippen molar-refractivity contribution < 1.29 is 14.3 Å². The average molecular weight is 527 g/mol. The van der Waals surface area contributed by atoms with Gasteiger partial charge in [0.2, 0.25) is 0 Å². The molecule has 0 saturated carbocycles. The van der Waals surface area contributed by atoms with E-state index in [-0.39, 0.29) is 12.2 Å². The minimum Gasteiger partial charge on any atom is -0.496 e. The molecule has 0 spiro atoms. The van der Waals surface area contributed by atoms with Gasteiger partial charge in [0, 0.05) is 5.56 Å². The minimum atomic E-state index is -0.753. The van der Waals surface area contributed by atoms with Crippen LogP contribution in [0, 0.1) is 0 Å². The average Bonchev–Trinajstić information content (AvgIpc) is 3.21. The zero-order chi connectivity index (χ0) is 27.0. The van der Waals surface area contributed by atoms with Crippen molar-refractivity contribution in [2.24, 2.45) is 4.99 Å². The number of rotatable bonds is 6. The molecule has 1 aliphatic heterocycles. The van der Waals surface area contributed by atoms with E-state index < -0.39 is 12.0 Å². The number of benzene rings is 3. The van der Waals surface area contributed by atoms with E-state index in [0.717, 1.165) is 21.9 Å². The fourth-order valence-corrected chi connectivity index (χ4v) is 5.98. The predicted molar refractivity (Wildman–Crippen MR) is 151 cm³/mol. The molecular formula is C31H30N2O4S. The molecule has 1 aliphatic rings. The molecule has 7 heteroatoms. The fraction of sp³-hybridized carbons (Fsp3) is 0.258. The van der Waals surface area contributed by atoms with Gasteiger partial charge in [-0.2, -0.15) is 0 Å². The Morgan fingerprint density at radius 1 is 1.11 bits per heavy atom. The monoisotopic (exact) mass is 526 g/mol. The SMILES string of the molecule is CCOC(=O)C1=C(C)N=c2sc(=Cc3ccc(C(C)C)cc3)c(=O)n2[C@H]1c1c(OC)ccc2ccccc12. The van der Waals surface area contributed by atoms with Crippen molar-refractivity contribution in [1.82, 2.24) is 4.57 Å². The van der Waals surface area contributed by atoms with Gasteiger partial charge in [0.05, 0.1) is 29.5 Å². The molecule has 0 radical (unpaired) electrons. The van der Waals surface area contributed by atoms with E-state index in [2.05, 4.69) is 26.0 Å². The largest absolute Gasteiger partial charge is 0.496 e. The van der Waals surface area contributed by atoms with Crippen molar-refractivity contribution in [3.05, 3.63) is 108 Å². The van der Waals surface area contributed by atoms with Gasteiger partial charge in [-0.05, 0) is 53.8 Å². The van der Waals surface area contributed by atoms with Gasteiger partial charge >= 0.3 is 5.97 Å². The Hall–Kier alpha value is -3.97. The Morgan fingerprint density at radius 3 is 2.53 bits per heavy atom. The summed E-state index contributed by atoms with van der Waals surface area (Å²) >= 11 is 1.32. The first-order chi connectivity index (χ1) is 18.3. The fourth-order valence-electron chi connectivity index (χ4n) is 4.93.